The number of hydrogen-bond donors (Lipinski definition) is 2. The van der Waals surface area contributed by atoms with Crippen molar-refractivity contribution >= 4 is 50.9 Å². The maximum absolute atomic E-state index is 10.8. The third kappa shape index (κ3) is 4.11. The van der Waals surface area contributed by atoms with Crippen molar-refractivity contribution in [2.24, 2.45) is 5.73 Å². The molecule has 0 unspecified atom stereocenters. The molecule has 3 N–H and O–H groups in total. The van der Waals surface area contributed by atoms with Gasteiger partial charge in [-0.2, -0.15) is 5.26 Å². The Kier molecular flexibility index (Phi) is 6.24. The van der Waals surface area contributed by atoms with Crippen molar-refractivity contribution in [2.75, 3.05) is 0 Å². The third-order valence-electron chi connectivity index (χ3n) is 5.01. The monoisotopic (exact) mass is 655 g/mol. The molecule has 0 amide bonds. The summed E-state index contributed by atoms with van der Waals surface area (Å²) in [6.45, 7) is 2.14. The van der Waals surface area contributed by atoms with Crippen molar-refractivity contribution in [3.8, 4) is 17.7 Å². The summed E-state index contributed by atoms with van der Waals surface area (Å²) < 4.78 is 13.3. The summed E-state index contributed by atoms with van der Waals surface area (Å²) in [5, 5.41) is 27.6. The van der Waals surface area contributed by atoms with E-state index in [1.165, 1.54) is 12.1 Å². The maximum Gasteiger partial charge on any atom is 0.269 e. The Bertz CT molecular complexity index is 1270. The highest BCUT2D eigenvalue weighted by Crippen LogP contribution is 2.44. The van der Waals surface area contributed by atoms with Gasteiger partial charge in [-0.1, -0.05) is 0 Å². The van der Waals surface area contributed by atoms with Crippen LogP contribution >= 0.6 is 45.2 Å². The van der Waals surface area contributed by atoms with Gasteiger partial charge in [-0.3, -0.25) is 15.2 Å². The Labute approximate surface area is 210 Å². The van der Waals surface area contributed by atoms with Gasteiger partial charge < -0.3 is 15.2 Å². The number of ether oxygens (including phenoxy) is 2. The number of aryl methyl sites for hydroxylation is 1. The van der Waals surface area contributed by atoms with E-state index in [9.17, 15) is 15.4 Å². The van der Waals surface area contributed by atoms with E-state index < -0.39 is 10.8 Å². The summed E-state index contributed by atoms with van der Waals surface area (Å²) >= 11 is 4.38. The van der Waals surface area contributed by atoms with E-state index in [0.29, 0.717) is 17.2 Å². The van der Waals surface area contributed by atoms with Gasteiger partial charge in [0.1, 0.15) is 24.0 Å². The quantitative estimate of drug-likeness (QED) is 0.232. The first-order valence-corrected chi connectivity index (χ1v) is 11.4. The van der Waals surface area contributed by atoms with Crippen molar-refractivity contribution in [2.45, 2.75) is 19.4 Å². The molecule has 3 aromatic rings. The topological polar surface area (TPSA) is 140 Å². The van der Waals surface area contributed by atoms with E-state index in [-0.39, 0.29) is 18.2 Å². The smallest absolute Gasteiger partial charge is 0.269 e. The Morgan fingerprint density at radius 3 is 2.56 bits per heavy atom. The van der Waals surface area contributed by atoms with Gasteiger partial charge in [-0.05, 0) is 87.5 Å². The summed E-state index contributed by atoms with van der Waals surface area (Å²) in [5.74, 6) is 0.695. The molecule has 0 saturated carbocycles. The molecule has 0 fully saturated rings. The number of rotatable bonds is 5. The van der Waals surface area contributed by atoms with Crippen molar-refractivity contribution < 1.29 is 14.4 Å². The summed E-state index contributed by atoms with van der Waals surface area (Å²) in [7, 11) is 0. The maximum atomic E-state index is 10.8. The largest absolute Gasteiger partial charge is 0.487 e. The summed E-state index contributed by atoms with van der Waals surface area (Å²) in [5.41, 5.74) is 9.63. The molecule has 2 aromatic carbocycles. The number of fused-ring (bicyclic) bond motifs is 1. The second-order valence-corrected chi connectivity index (χ2v) is 9.34. The lowest BCUT2D eigenvalue weighted by Gasteiger charge is -2.24. The first-order chi connectivity index (χ1) is 15.3. The van der Waals surface area contributed by atoms with Gasteiger partial charge in [-0.15, -0.1) is 5.10 Å². The number of benzene rings is 2. The molecule has 32 heavy (non-hydrogen) atoms. The fourth-order valence-electron chi connectivity index (χ4n) is 3.49. The van der Waals surface area contributed by atoms with Gasteiger partial charge in [0, 0.05) is 23.4 Å². The van der Waals surface area contributed by atoms with Crippen molar-refractivity contribution in [1.82, 2.24) is 10.2 Å². The lowest BCUT2D eigenvalue weighted by molar-refractivity contribution is -0.384. The number of nitrogens with two attached hydrogens (primary N) is 1. The molecule has 0 bridgehead atoms. The number of H-pyrrole nitrogens is 1. The minimum absolute atomic E-state index is 0.0354. The molecule has 1 aliphatic rings. The van der Waals surface area contributed by atoms with Gasteiger partial charge in [0.2, 0.25) is 11.8 Å². The Hall–Kier alpha value is -2.86. The van der Waals surface area contributed by atoms with Crippen LogP contribution < -0.4 is 15.2 Å². The van der Waals surface area contributed by atoms with E-state index in [1.807, 2.05) is 19.1 Å². The first-order valence-electron chi connectivity index (χ1n) is 9.27. The molecule has 0 radical (unpaired) electrons. The molecule has 0 spiro atoms. The normalized spacial score (nSPS) is 15.0. The average molecular weight is 655 g/mol. The number of nitro groups is 1. The van der Waals surface area contributed by atoms with Crippen LogP contribution in [0.25, 0.3) is 0 Å². The molecule has 1 atom stereocenters. The summed E-state index contributed by atoms with van der Waals surface area (Å²) in [6, 6.07) is 12.3. The highest BCUT2D eigenvalue weighted by Gasteiger charge is 2.34. The van der Waals surface area contributed by atoms with Gasteiger partial charge in [0.25, 0.3) is 5.69 Å². The Morgan fingerprint density at radius 2 is 1.97 bits per heavy atom. The molecular formula is C21H15I2N5O4. The van der Waals surface area contributed by atoms with E-state index in [0.717, 1.165) is 29.5 Å². The Balaban J connectivity index is 1.65. The molecule has 11 heteroatoms. The van der Waals surface area contributed by atoms with Crippen LogP contribution in [0.5, 0.6) is 11.6 Å². The zero-order valence-corrected chi connectivity index (χ0v) is 20.9. The number of aromatic nitrogens is 2. The molecule has 1 aromatic heterocycles. The van der Waals surface area contributed by atoms with Gasteiger partial charge in [-0.25, -0.2) is 0 Å². The van der Waals surface area contributed by atoms with Crippen LogP contribution in [-0.2, 0) is 6.61 Å². The SMILES string of the molecule is Cc1[nH]nc2c1[C@@H](c1cc(I)c(OCc3ccc([N+](=O)[O-])cc3)c(I)c1)C(C#N)=C(N)O2. The molecule has 9 nitrogen and oxygen atoms in total. The lowest BCUT2D eigenvalue weighted by atomic mass is 9.84. The minimum atomic E-state index is -0.435. The number of hydrogen-bond acceptors (Lipinski definition) is 7. The Morgan fingerprint density at radius 1 is 1.31 bits per heavy atom. The summed E-state index contributed by atoms with van der Waals surface area (Å²) in [4.78, 5) is 10.4. The highest BCUT2D eigenvalue weighted by atomic mass is 127. The van der Waals surface area contributed by atoms with Gasteiger partial charge in [0.15, 0.2) is 0 Å². The van der Waals surface area contributed by atoms with E-state index >= 15 is 0 Å². The number of nitrogens with zero attached hydrogens (tertiary/aromatic N) is 3. The number of nitrogens with one attached hydrogen (secondary N) is 1. The molecule has 1 aliphatic heterocycles. The van der Waals surface area contributed by atoms with Gasteiger partial charge in [0.05, 0.1) is 18.0 Å². The van der Waals surface area contributed by atoms with Crippen molar-refractivity contribution in [3.63, 3.8) is 0 Å². The number of aromatic amines is 1. The number of non-ortho nitro benzene ring substituents is 1. The molecule has 0 saturated heterocycles. The van der Waals surface area contributed by atoms with E-state index in [2.05, 4.69) is 61.4 Å². The lowest BCUT2D eigenvalue weighted by Crippen LogP contribution is -2.21. The molecule has 2 heterocycles. The first kappa shape index (κ1) is 22.3. The number of nitro benzene ring substituents is 1. The standard InChI is InChI=1S/C21H15I2N5O4/c1-10-17-18(14(8-24)20(25)32-21(17)27-26-10)12-6-15(22)19(16(23)7-12)31-9-11-2-4-13(5-3-11)28(29)30/h2-7,18H,9,25H2,1H3,(H,26,27)/t18-/m0/s1. The zero-order chi connectivity index (χ0) is 23.0. The van der Waals surface area contributed by atoms with Crippen LogP contribution in [0.4, 0.5) is 5.69 Å². The van der Waals surface area contributed by atoms with Crippen molar-refractivity contribution in [3.05, 3.63) is 87.5 Å². The molecule has 162 valence electrons. The molecular weight excluding hydrogens is 640 g/mol. The fraction of sp³-hybridized carbons (Fsp3) is 0.143. The third-order valence-corrected chi connectivity index (χ3v) is 6.62. The van der Waals surface area contributed by atoms with Crippen LogP contribution in [-0.4, -0.2) is 15.1 Å². The number of allylic oxidation sites excluding steroid dienone is 1. The molecule has 0 aliphatic carbocycles. The second-order valence-electron chi connectivity index (χ2n) is 7.02. The van der Waals surface area contributed by atoms with Crippen LogP contribution in [0, 0.1) is 35.5 Å². The highest BCUT2D eigenvalue weighted by molar-refractivity contribution is 14.1. The van der Waals surface area contributed by atoms with Crippen LogP contribution in [0.2, 0.25) is 0 Å². The van der Waals surface area contributed by atoms with E-state index in [4.69, 9.17) is 15.2 Å². The second kappa shape index (κ2) is 8.94. The number of nitriles is 1. The van der Waals surface area contributed by atoms with E-state index in [1.54, 1.807) is 12.1 Å². The average Bonchev–Trinajstić information content (AvgIpc) is 3.12. The zero-order valence-electron chi connectivity index (χ0n) is 16.6. The minimum Gasteiger partial charge on any atom is -0.487 e. The predicted molar refractivity (Wildman–Crippen MR) is 132 cm³/mol. The summed E-state index contributed by atoms with van der Waals surface area (Å²) in [6.07, 6.45) is 0. The van der Waals surface area contributed by atoms with Crippen molar-refractivity contribution in [1.29, 1.82) is 5.26 Å². The fourth-order valence-corrected chi connectivity index (χ4v) is 5.61. The van der Waals surface area contributed by atoms with Crippen LogP contribution in [0.1, 0.15) is 28.3 Å². The molecule has 4 rings (SSSR count). The van der Waals surface area contributed by atoms with Gasteiger partial charge >= 0.3 is 0 Å². The number of halogens is 2. The van der Waals surface area contributed by atoms with Crippen LogP contribution in [0.15, 0.2) is 47.9 Å². The van der Waals surface area contributed by atoms with Crippen LogP contribution in [0.3, 0.4) is 0 Å². The predicted octanol–water partition coefficient (Wildman–Crippen LogP) is 4.63.